The smallest absolute Gasteiger partial charge is 0.249 e. The summed E-state index contributed by atoms with van der Waals surface area (Å²) in [5.74, 6) is -2.45. The summed E-state index contributed by atoms with van der Waals surface area (Å²) in [6.07, 6.45) is 0.559. The van der Waals surface area contributed by atoms with Crippen molar-refractivity contribution in [1.82, 2.24) is 5.32 Å². The molecule has 2 atom stereocenters. The minimum atomic E-state index is -2.45. The fraction of sp³-hybridized carbons (Fsp3) is 1.00. The Hall–Kier alpha value is -0.220. The summed E-state index contributed by atoms with van der Waals surface area (Å²) in [6.45, 7) is 2.49. The summed E-state index contributed by atoms with van der Waals surface area (Å²) in [5.41, 5.74) is 5.49. The number of nitrogens with one attached hydrogen (secondary N) is 1. The first kappa shape index (κ1) is 9.86. The van der Waals surface area contributed by atoms with Crippen LogP contribution in [0.4, 0.5) is 8.78 Å². The SMILES string of the molecule is C[C@H](N)CNC1CCC(F)(F)C1. The van der Waals surface area contributed by atoms with E-state index in [9.17, 15) is 8.78 Å². The lowest BCUT2D eigenvalue weighted by atomic mass is 10.2. The van der Waals surface area contributed by atoms with Crippen LogP contribution in [0.3, 0.4) is 0 Å². The van der Waals surface area contributed by atoms with E-state index in [0.717, 1.165) is 0 Å². The van der Waals surface area contributed by atoms with Gasteiger partial charge in [-0.05, 0) is 13.3 Å². The fourth-order valence-electron chi connectivity index (χ4n) is 1.48. The minimum absolute atomic E-state index is 0.0175. The predicted molar refractivity (Wildman–Crippen MR) is 44.2 cm³/mol. The van der Waals surface area contributed by atoms with Crippen LogP contribution in [0.2, 0.25) is 0 Å². The fourth-order valence-corrected chi connectivity index (χ4v) is 1.48. The molecule has 1 aliphatic rings. The molecule has 0 spiro atoms. The zero-order valence-electron chi connectivity index (χ0n) is 7.32. The van der Waals surface area contributed by atoms with Crippen LogP contribution in [0.25, 0.3) is 0 Å². The molecular formula is C8H16F2N2. The average molecular weight is 178 g/mol. The molecule has 3 N–H and O–H groups in total. The van der Waals surface area contributed by atoms with Gasteiger partial charge in [-0.15, -0.1) is 0 Å². The monoisotopic (exact) mass is 178 g/mol. The molecule has 0 aliphatic heterocycles. The van der Waals surface area contributed by atoms with E-state index >= 15 is 0 Å². The summed E-state index contributed by atoms with van der Waals surface area (Å²) in [4.78, 5) is 0. The third-order valence-electron chi connectivity index (χ3n) is 2.13. The number of hydrogen-bond acceptors (Lipinski definition) is 2. The maximum Gasteiger partial charge on any atom is 0.249 e. The standard InChI is InChI=1S/C8H16F2N2/c1-6(11)5-12-7-2-3-8(9,10)4-7/h6-7,12H,2-5,11H2,1H3/t6-,7?/m0/s1. The average Bonchev–Trinajstić information content (AvgIpc) is 2.26. The van der Waals surface area contributed by atoms with E-state index in [-0.39, 0.29) is 24.9 Å². The molecule has 0 radical (unpaired) electrons. The largest absolute Gasteiger partial charge is 0.327 e. The molecule has 1 unspecified atom stereocenters. The van der Waals surface area contributed by atoms with Gasteiger partial charge in [-0.2, -0.15) is 0 Å². The lowest BCUT2D eigenvalue weighted by Crippen LogP contribution is -2.37. The topological polar surface area (TPSA) is 38.0 Å². The minimum Gasteiger partial charge on any atom is -0.327 e. The van der Waals surface area contributed by atoms with Crippen LogP contribution in [0.15, 0.2) is 0 Å². The Labute approximate surface area is 71.5 Å². The molecule has 0 saturated heterocycles. The van der Waals surface area contributed by atoms with Crippen LogP contribution in [0, 0.1) is 0 Å². The van der Waals surface area contributed by atoms with Crippen LogP contribution >= 0.6 is 0 Å². The Morgan fingerprint density at radius 3 is 2.75 bits per heavy atom. The first-order valence-electron chi connectivity index (χ1n) is 4.36. The summed E-state index contributed by atoms with van der Waals surface area (Å²) in [5, 5.41) is 3.03. The summed E-state index contributed by atoms with van der Waals surface area (Å²) in [6, 6.07) is 0.00484. The summed E-state index contributed by atoms with van der Waals surface area (Å²) >= 11 is 0. The van der Waals surface area contributed by atoms with Gasteiger partial charge >= 0.3 is 0 Å². The molecule has 72 valence electrons. The van der Waals surface area contributed by atoms with Gasteiger partial charge in [0.15, 0.2) is 0 Å². The second kappa shape index (κ2) is 3.66. The van der Waals surface area contributed by atoms with Gasteiger partial charge < -0.3 is 11.1 Å². The first-order valence-corrected chi connectivity index (χ1v) is 4.36. The molecule has 0 bridgehead atoms. The van der Waals surface area contributed by atoms with Crippen molar-refractivity contribution in [2.45, 2.75) is 44.2 Å². The number of alkyl halides is 2. The van der Waals surface area contributed by atoms with E-state index in [0.29, 0.717) is 13.0 Å². The van der Waals surface area contributed by atoms with E-state index in [4.69, 9.17) is 5.73 Å². The van der Waals surface area contributed by atoms with Gasteiger partial charge in [0.25, 0.3) is 0 Å². The number of hydrogen-bond donors (Lipinski definition) is 2. The van der Waals surface area contributed by atoms with E-state index < -0.39 is 5.92 Å². The Morgan fingerprint density at radius 2 is 2.33 bits per heavy atom. The maximum atomic E-state index is 12.6. The van der Waals surface area contributed by atoms with E-state index in [1.54, 1.807) is 0 Å². The second-order valence-corrected chi connectivity index (χ2v) is 3.68. The summed E-state index contributed by atoms with van der Waals surface area (Å²) < 4.78 is 25.3. The van der Waals surface area contributed by atoms with Gasteiger partial charge in [0.1, 0.15) is 0 Å². The van der Waals surface area contributed by atoms with Gasteiger partial charge in [0, 0.05) is 31.5 Å². The molecule has 0 aromatic carbocycles. The van der Waals surface area contributed by atoms with Gasteiger partial charge in [0.2, 0.25) is 5.92 Å². The van der Waals surface area contributed by atoms with Gasteiger partial charge in [-0.3, -0.25) is 0 Å². The second-order valence-electron chi connectivity index (χ2n) is 3.68. The molecule has 1 aliphatic carbocycles. The Bertz CT molecular complexity index is 148. The lowest BCUT2D eigenvalue weighted by molar-refractivity contribution is 0.00691. The molecule has 0 amide bonds. The third kappa shape index (κ3) is 3.03. The molecule has 1 saturated carbocycles. The quantitative estimate of drug-likeness (QED) is 0.679. The molecule has 4 heteroatoms. The van der Waals surface area contributed by atoms with Gasteiger partial charge in [-0.1, -0.05) is 0 Å². The lowest BCUT2D eigenvalue weighted by Gasteiger charge is -2.14. The van der Waals surface area contributed by atoms with Crippen LogP contribution < -0.4 is 11.1 Å². The highest BCUT2D eigenvalue weighted by molar-refractivity contribution is 4.86. The van der Waals surface area contributed by atoms with Gasteiger partial charge in [-0.25, -0.2) is 8.78 Å². The van der Waals surface area contributed by atoms with Crippen molar-refractivity contribution < 1.29 is 8.78 Å². The van der Waals surface area contributed by atoms with E-state index in [1.807, 2.05) is 6.92 Å². The zero-order chi connectivity index (χ0) is 9.19. The Balaban J connectivity index is 2.20. The molecule has 2 nitrogen and oxygen atoms in total. The number of halogens is 2. The van der Waals surface area contributed by atoms with Gasteiger partial charge in [0.05, 0.1) is 0 Å². The molecule has 0 heterocycles. The van der Waals surface area contributed by atoms with Crippen LogP contribution in [-0.4, -0.2) is 24.6 Å². The highest BCUT2D eigenvalue weighted by Crippen LogP contribution is 2.34. The van der Waals surface area contributed by atoms with Crippen molar-refractivity contribution in [3.63, 3.8) is 0 Å². The number of rotatable bonds is 3. The van der Waals surface area contributed by atoms with Crippen molar-refractivity contribution >= 4 is 0 Å². The normalized spacial score (nSPS) is 30.5. The zero-order valence-corrected chi connectivity index (χ0v) is 7.32. The molecule has 1 fully saturated rings. The third-order valence-corrected chi connectivity index (χ3v) is 2.13. The predicted octanol–water partition coefficient (Wildman–Crippen LogP) is 1.11. The maximum absolute atomic E-state index is 12.6. The molecule has 12 heavy (non-hydrogen) atoms. The van der Waals surface area contributed by atoms with E-state index in [1.165, 1.54) is 0 Å². The van der Waals surface area contributed by atoms with Crippen molar-refractivity contribution in [2.24, 2.45) is 5.73 Å². The van der Waals surface area contributed by atoms with Crippen molar-refractivity contribution in [3.8, 4) is 0 Å². The molecule has 1 rings (SSSR count). The van der Waals surface area contributed by atoms with Crippen molar-refractivity contribution in [1.29, 1.82) is 0 Å². The summed E-state index contributed by atoms with van der Waals surface area (Å²) in [7, 11) is 0. The van der Waals surface area contributed by atoms with E-state index in [2.05, 4.69) is 5.32 Å². The highest BCUT2D eigenvalue weighted by Gasteiger charge is 2.38. The van der Waals surface area contributed by atoms with Crippen LogP contribution in [0.5, 0.6) is 0 Å². The molecule has 0 aromatic heterocycles. The van der Waals surface area contributed by atoms with Crippen LogP contribution in [0.1, 0.15) is 26.2 Å². The Morgan fingerprint density at radius 1 is 1.67 bits per heavy atom. The first-order chi connectivity index (χ1) is 5.49. The van der Waals surface area contributed by atoms with Crippen molar-refractivity contribution in [2.75, 3.05) is 6.54 Å². The Kier molecular flexibility index (Phi) is 3.01. The highest BCUT2D eigenvalue weighted by atomic mass is 19.3. The molecule has 0 aromatic rings. The van der Waals surface area contributed by atoms with Crippen molar-refractivity contribution in [3.05, 3.63) is 0 Å². The van der Waals surface area contributed by atoms with Crippen LogP contribution in [-0.2, 0) is 0 Å². The molecular weight excluding hydrogens is 162 g/mol. The number of nitrogens with two attached hydrogens (primary N) is 1.